The molecule has 8 heteroatoms. The van der Waals surface area contributed by atoms with Crippen LogP contribution in [0.2, 0.25) is 0 Å². The number of allylic oxidation sites excluding steroid dienone is 1. The van der Waals surface area contributed by atoms with E-state index in [1.54, 1.807) is 17.7 Å². The van der Waals surface area contributed by atoms with Gasteiger partial charge < -0.3 is 20.1 Å². The fourth-order valence-corrected chi connectivity index (χ4v) is 3.71. The number of benzene rings is 2. The zero-order chi connectivity index (χ0) is 23.4. The third kappa shape index (κ3) is 4.50. The Morgan fingerprint density at radius 2 is 1.91 bits per heavy atom. The van der Waals surface area contributed by atoms with Gasteiger partial charge in [-0.2, -0.15) is 5.10 Å². The summed E-state index contributed by atoms with van der Waals surface area (Å²) in [5.74, 6) is 0.167. The Balaban J connectivity index is 1.85. The van der Waals surface area contributed by atoms with Crippen molar-refractivity contribution in [2.75, 3.05) is 13.7 Å². The van der Waals surface area contributed by atoms with E-state index in [0.717, 1.165) is 11.3 Å². The molecule has 0 fully saturated rings. The smallest absolute Gasteiger partial charge is 0.337 e. The van der Waals surface area contributed by atoms with Crippen molar-refractivity contribution in [3.8, 4) is 22.7 Å². The molecular formula is C25H24N4O4. The minimum atomic E-state index is -0.740. The molecule has 2 amide bonds. The fourth-order valence-electron chi connectivity index (χ4n) is 3.71. The lowest BCUT2D eigenvalue weighted by Crippen LogP contribution is -2.45. The largest absolute Gasteiger partial charge is 0.490 e. The average Bonchev–Trinajstić information content (AvgIpc) is 3.28. The number of carbonyl (C=O) groups is 2. The van der Waals surface area contributed by atoms with Crippen molar-refractivity contribution in [1.82, 2.24) is 20.4 Å². The number of amides is 2. The lowest BCUT2D eigenvalue weighted by atomic mass is 9.94. The van der Waals surface area contributed by atoms with Crippen LogP contribution in [0.4, 0.5) is 4.79 Å². The number of methoxy groups -OCH3 is 1. The molecule has 1 atom stereocenters. The monoisotopic (exact) mass is 444 g/mol. The van der Waals surface area contributed by atoms with Crippen LogP contribution in [0.3, 0.4) is 0 Å². The topological polar surface area (TPSA) is 94.5 Å². The van der Waals surface area contributed by atoms with Crippen molar-refractivity contribution in [2.24, 2.45) is 0 Å². The van der Waals surface area contributed by atoms with Gasteiger partial charge in [-0.25, -0.2) is 14.3 Å². The van der Waals surface area contributed by atoms with Crippen LogP contribution in [0.25, 0.3) is 16.9 Å². The van der Waals surface area contributed by atoms with Gasteiger partial charge in [-0.05, 0) is 43.3 Å². The Bertz CT molecular complexity index is 1210. The molecule has 1 unspecified atom stereocenters. The van der Waals surface area contributed by atoms with Gasteiger partial charge in [0.05, 0.1) is 30.1 Å². The molecule has 2 N–H and O–H groups in total. The first-order chi connectivity index (χ1) is 16.0. The van der Waals surface area contributed by atoms with E-state index in [1.807, 2.05) is 60.8 Å². The molecule has 0 saturated carbocycles. The summed E-state index contributed by atoms with van der Waals surface area (Å²) in [6.45, 7) is 5.73. The molecule has 1 aliphatic rings. The summed E-state index contributed by atoms with van der Waals surface area (Å²) in [6, 6.07) is 15.9. The Kier molecular flexibility index (Phi) is 6.26. The first-order valence-electron chi connectivity index (χ1n) is 10.4. The number of hydrogen-bond donors (Lipinski definition) is 2. The van der Waals surface area contributed by atoms with Gasteiger partial charge in [0.25, 0.3) is 0 Å². The standard InChI is InChI=1S/C25H24N4O4/c1-4-14-33-19-12-10-17(11-13-19)22-20(15-29(28-22)18-8-6-5-7-9-18)23-21(24(30)32-3)16(2)26-25(31)27-23/h4-13,15,23H,1,14H2,2-3H3,(H2,26,27,31). The summed E-state index contributed by atoms with van der Waals surface area (Å²) in [5.41, 5.74) is 3.68. The van der Waals surface area contributed by atoms with Crippen LogP contribution < -0.4 is 15.4 Å². The molecule has 0 spiro atoms. The molecule has 0 bridgehead atoms. The van der Waals surface area contributed by atoms with Crippen LogP contribution in [-0.2, 0) is 9.53 Å². The first kappa shape index (κ1) is 21.9. The predicted molar refractivity (Wildman–Crippen MR) is 124 cm³/mol. The molecule has 0 saturated heterocycles. The van der Waals surface area contributed by atoms with Crippen LogP contribution in [0.1, 0.15) is 18.5 Å². The first-order valence-corrected chi connectivity index (χ1v) is 10.4. The zero-order valence-corrected chi connectivity index (χ0v) is 18.4. The maximum absolute atomic E-state index is 12.6. The number of aromatic nitrogens is 2. The Hall–Kier alpha value is -4.33. The fraction of sp³-hybridized carbons (Fsp3) is 0.160. The lowest BCUT2D eigenvalue weighted by molar-refractivity contribution is -0.136. The summed E-state index contributed by atoms with van der Waals surface area (Å²) < 4.78 is 12.3. The second-order valence-electron chi connectivity index (χ2n) is 7.40. The van der Waals surface area contributed by atoms with Crippen molar-refractivity contribution < 1.29 is 19.1 Å². The van der Waals surface area contributed by atoms with Crippen LogP contribution >= 0.6 is 0 Å². The van der Waals surface area contributed by atoms with Gasteiger partial charge in [-0.1, -0.05) is 30.9 Å². The van der Waals surface area contributed by atoms with E-state index in [-0.39, 0.29) is 0 Å². The van der Waals surface area contributed by atoms with Gasteiger partial charge in [0, 0.05) is 23.0 Å². The number of esters is 1. The highest BCUT2D eigenvalue weighted by atomic mass is 16.5. The normalized spacial score (nSPS) is 15.5. The minimum Gasteiger partial charge on any atom is -0.490 e. The van der Waals surface area contributed by atoms with Crippen LogP contribution in [0.5, 0.6) is 5.75 Å². The predicted octanol–water partition coefficient (Wildman–Crippen LogP) is 3.91. The second kappa shape index (κ2) is 9.44. The summed E-state index contributed by atoms with van der Waals surface area (Å²) >= 11 is 0. The lowest BCUT2D eigenvalue weighted by Gasteiger charge is -2.27. The van der Waals surface area contributed by atoms with E-state index in [4.69, 9.17) is 14.6 Å². The van der Waals surface area contributed by atoms with E-state index in [9.17, 15) is 9.59 Å². The molecule has 3 aromatic rings. The third-order valence-corrected chi connectivity index (χ3v) is 5.24. The van der Waals surface area contributed by atoms with E-state index < -0.39 is 18.0 Å². The van der Waals surface area contributed by atoms with Crippen molar-refractivity contribution in [1.29, 1.82) is 0 Å². The van der Waals surface area contributed by atoms with Gasteiger partial charge in [0.15, 0.2) is 0 Å². The number of para-hydroxylation sites is 1. The SMILES string of the molecule is C=CCOc1ccc(-c2nn(-c3ccccc3)cc2C2NC(=O)NC(C)=C2C(=O)OC)cc1. The molecule has 168 valence electrons. The van der Waals surface area contributed by atoms with E-state index in [0.29, 0.717) is 34.9 Å². The second-order valence-corrected chi connectivity index (χ2v) is 7.40. The van der Waals surface area contributed by atoms with Crippen molar-refractivity contribution in [3.63, 3.8) is 0 Å². The maximum atomic E-state index is 12.6. The molecule has 2 aromatic carbocycles. The number of nitrogens with zero attached hydrogens (tertiary/aromatic N) is 2. The van der Waals surface area contributed by atoms with Gasteiger partial charge in [0.1, 0.15) is 12.4 Å². The Labute approximate surface area is 191 Å². The van der Waals surface area contributed by atoms with E-state index in [1.165, 1.54) is 7.11 Å². The van der Waals surface area contributed by atoms with E-state index >= 15 is 0 Å². The van der Waals surface area contributed by atoms with E-state index in [2.05, 4.69) is 17.2 Å². The highest BCUT2D eigenvalue weighted by Gasteiger charge is 2.35. The number of hydrogen-bond acceptors (Lipinski definition) is 5. The van der Waals surface area contributed by atoms with Crippen molar-refractivity contribution >= 4 is 12.0 Å². The third-order valence-electron chi connectivity index (χ3n) is 5.24. The van der Waals surface area contributed by atoms with Gasteiger partial charge in [-0.15, -0.1) is 0 Å². The Morgan fingerprint density at radius 1 is 1.18 bits per heavy atom. The van der Waals surface area contributed by atoms with Gasteiger partial charge in [-0.3, -0.25) is 0 Å². The molecule has 0 radical (unpaired) electrons. The molecule has 33 heavy (non-hydrogen) atoms. The Morgan fingerprint density at radius 3 is 2.58 bits per heavy atom. The maximum Gasteiger partial charge on any atom is 0.337 e. The molecular weight excluding hydrogens is 420 g/mol. The number of urea groups is 1. The highest BCUT2D eigenvalue weighted by Crippen LogP contribution is 2.35. The average molecular weight is 444 g/mol. The van der Waals surface area contributed by atoms with Crippen LogP contribution in [0.15, 0.2) is 84.7 Å². The van der Waals surface area contributed by atoms with Gasteiger partial charge >= 0.3 is 12.0 Å². The number of rotatable bonds is 7. The molecule has 0 aliphatic carbocycles. The summed E-state index contributed by atoms with van der Waals surface area (Å²) in [6.07, 6.45) is 3.50. The molecule has 8 nitrogen and oxygen atoms in total. The van der Waals surface area contributed by atoms with Crippen molar-refractivity contribution in [2.45, 2.75) is 13.0 Å². The molecule has 1 aromatic heterocycles. The zero-order valence-electron chi connectivity index (χ0n) is 18.4. The summed E-state index contributed by atoms with van der Waals surface area (Å²) in [7, 11) is 1.31. The summed E-state index contributed by atoms with van der Waals surface area (Å²) in [4.78, 5) is 24.9. The molecule has 1 aliphatic heterocycles. The highest BCUT2D eigenvalue weighted by molar-refractivity contribution is 5.95. The van der Waals surface area contributed by atoms with Crippen LogP contribution in [0, 0.1) is 0 Å². The van der Waals surface area contributed by atoms with Gasteiger partial charge in [0.2, 0.25) is 0 Å². The van der Waals surface area contributed by atoms with Crippen LogP contribution in [-0.4, -0.2) is 35.5 Å². The number of nitrogens with one attached hydrogen (secondary N) is 2. The number of ether oxygens (including phenoxy) is 2. The summed E-state index contributed by atoms with van der Waals surface area (Å²) in [5, 5.41) is 10.3. The quantitative estimate of drug-likeness (QED) is 0.426. The molecule has 2 heterocycles. The van der Waals surface area contributed by atoms with Crippen molar-refractivity contribution in [3.05, 3.63) is 90.3 Å². The molecule has 4 rings (SSSR count). The minimum absolute atomic E-state index is 0.317. The number of carbonyl (C=O) groups excluding carboxylic acids is 2.